The molecule has 0 unspecified atom stereocenters. The molecular formula is C35H42N4O5S. The van der Waals surface area contributed by atoms with Crippen molar-refractivity contribution in [3.63, 3.8) is 0 Å². The van der Waals surface area contributed by atoms with Crippen molar-refractivity contribution in [1.82, 2.24) is 4.90 Å². The molecule has 0 radical (unpaired) electrons. The Balaban J connectivity index is 1.19. The molecule has 6 rings (SSSR count). The molecule has 45 heavy (non-hydrogen) atoms. The van der Waals surface area contributed by atoms with Crippen LogP contribution in [0.25, 0.3) is 17.2 Å². The second-order valence-electron chi connectivity index (χ2n) is 12.1. The number of carbonyl (C=O) groups is 1. The Hall–Kier alpha value is -3.70. The molecule has 0 spiro atoms. The molecule has 1 N–H and O–H groups in total. The molecule has 3 aromatic rings. The highest BCUT2D eigenvalue weighted by Gasteiger charge is 2.26. The van der Waals surface area contributed by atoms with E-state index in [1.165, 1.54) is 16.1 Å². The number of sulfonamides is 1. The zero-order chi connectivity index (χ0) is 31.4. The molecule has 2 saturated heterocycles. The largest absolute Gasteiger partial charge is 0.381 e. The number of hydrogen-bond acceptors (Lipinski definition) is 7. The minimum absolute atomic E-state index is 0.191. The van der Waals surface area contributed by atoms with Crippen molar-refractivity contribution in [2.24, 2.45) is 0 Å². The molecular weight excluding hydrogens is 588 g/mol. The molecule has 0 aromatic heterocycles. The van der Waals surface area contributed by atoms with Crippen LogP contribution in [-0.2, 0) is 30.8 Å². The van der Waals surface area contributed by atoms with Crippen molar-refractivity contribution in [2.75, 3.05) is 73.9 Å². The van der Waals surface area contributed by atoms with Crippen molar-refractivity contribution in [3.8, 4) is 11.1 Å². The molecule has 10 heteroatoms. The molecule has 0 bridgehead atoms. The van der Waals surface area contributed by atoms with Gasteiger partial charge in [0.05, 0.1) is 25.2 Å². The van der Waals surface area contributed by atoms with Crippen LogP contribution in [0.5, 0.6) is 0 Å². The van der Waals surface area contributed by atoms with Gasteiger partial charge in [-0.3, -0.25) is 14.0 Å². The molecule has 3 aliphatic rings. The Morgan fingerprint density at radius 1 is 0.889 bits per heavy atom. The number of nitrogens with zero attached hydrogens (tertiary/aromatic N) is 3. The molecule has 2 fully saturated rings. The van der Waals surface area contributed by atoms with E-state index in [9.17, 15) is 13.2 Å². The first-order valence-corrected chi connectivity index (χ1v) is 17.5. The van der Waals surface area contributed by atoms with Gasteiger partial charge in [-0.25, -0.2) is 8.42 Å². The molecule has 0 atom stereocenters. The predicted octanol–water partition coefficient (Wildman–Crippen LogP) is 4.99. The van der Waals surface area contributed by atoms with E-state index < -0.39 is 10.0 Å². The third-order valence-electron chi connectivity index (χ3n) is 8.94. The number of rotatable bonds is 8. The SMILES string of the molecule is CN(Cc1ccc(NC(=O)C2=Cc3cc(-c4ccc(N5CCOCC5)cc4)ccc3N(S(C)(=O)=O)CC2)cc1)C1CCOCC1. The maximum absolute atomic E-state index is 13.5. The lowest BCUT2D eigenvalue weighted by Gasteiger charge is -2.31. The van der Waals surface area contributed by atoms with E-state index in [-0.39, 0.29) is 12.5 Å². The molecule has 1 amide bonds. The van der Waals surface area contributed by atoms with Crippen molar-refractivity contribution in [2.45, 2.75) is 31.8 Å². The van der Waals surface area contributed by atoms with Gasteiger partial charge in [0.2, 0.25) is 10.0 Å². The van der Waals surface area contributed by atoms with E-state index in [2.05, 4.69) is 46.4 Å². The lowest BCUT2D eigenvalue weighted by Crippen LogP contribution is -2.36. The number of anilines is 3. The average Bonchev–Trinajstić information content (AvgIpc) is 3.26. The summed E-state index contributed by atoms with van der Waals surface area (Å²) in [4.78, 5) is 18.2. The quantitative estimate of drug-likeness (QED) is 0.375. The Morgan fingerprint density at radius 3 is 2.24 bits per heavy atom. The van der Waals surface area contributed by atoms with Crippen molar-refractivity contribution in [1.29, 1.82) is 0 Å². The van der Waals surface area contributed by atoms with Crippen LogP contribution in [0.1, 0.15) is 30.4 Å². The number of nitrogens with one attached hydrogen (secondary N) is 1. The second kappa shape index (κ2) is 13.7. The third kappa shape index (κ3) is 7.58. The van der Waals surface area contributed by atoms with E-state index in [4.69, 9.17) is 9.47 Å². The summed E-state index contributed by atoms with van der Waals surface area (Å²) in [6.45, 7) is 5.84. The number of ether oxygens (including phenoxy) is 2. The Kier molecular flexibility index (Phi) is 9.56. The minimum atomic E-state index is -3.55. The highest BCUT2D eigenvalue weighted by molar-refractivity contribution is 7.92. The highest BCUT2D eigenvalue weighted by Crippen LogP contribution is 2.34. The average molecular weight is 631 g/mol. The molecule has 0 aliphatic carbocycles. The number of morpholine rings is 1. The topological polar surface area (TPSA) is 91.4 Å². The van der Waals surface area contributed by atoms with Crippen LogP contribution in [0.4, 0.5) is 17.1 Å². The maximum atomic E-state index is 13.5. The summed E-state index contributed by atoms with van der Waals surface area (Å²) in [6, 6.07) is 22.6. The highest BCUT2D eigenvalue weighted by atomic mass is 32.2. The molecule has 0 saturated carbocycles. The van der Waals surface area contributed by atoms with Crippen molar-refractivity contribution < 1.29 is 22.7 Å². The third-order valence-corrected chi connectivity index (χ3v) is 10.1. The number of benzene rings is 3. The summed E-state index contributed by atoms with van der Waals surface area (Å²) in [7, 11) is -1.40. The summed E-state index contributed by atoms with van der Waals surface area (Å²) in [5.74, 6) is -0.233. The predicted molar refractivity (Wildman–Crippen MR) is 180 cm³/mol. The lowest BCUT2D eigenvalue weighted by molar-refractivity contribution is -0.112. The van der Waals surface area contributed by atoms with Gasteiger partial charge in [-0.2, -0.15) is 0 Å². The number of amides is 1. The second-order valence-corrected chi connectivity index (χ2v) is 14.0. The van der Waals surface area contributed by atoms with E-state index in [1.807, 2.05) is 48.5 Å². The summed E-state index contributed by atoms with van der Waals surface area (Å²) < 4.78 is 38.0. The summed E-state index contributed by atoms with van der Waals surface area (Å²) in [5, 5.41) is 3.03. The van der Waals surface area contributed by atoms with E-state index >= 15 is 0 Å². The van der Waals surface area contributed by atoms with Crippen molar-refractivity contribution >= 4 is 39.1 Å². The summed E-state index contributed by atoms with van der Waals surface area (Å²) in [6.07, 6.45) is 5.43. The smallest absolute Gasteiger partial charge is 0.251 e. The van der Waals surface area contributed by atoms with Gasteiger partial charge in [0.25, 0.3) is 5.91 Å². The van der Waals surface area contributed by atoms with Gasteiger partial charge in [0.1, 0.15) is 0 Å². The first-order chi connectivity index (χ1) is 21.7. The molecule has 3 aliphatic heterocycles. The normalized spacial score (nSPS) is 17.9. The molecule has 9 nitrogen and oxygen atoms in total. The van der Waals surface area contributed by atoms with Gasteiger partial charge >= 0.3 is 0 Å². The Labute approximate surface area is 266 Å². The zero-order valence-corrected chi connectivity index (χ0v) is 26.9. The van der Waals surface area contributed by atoms with Crippen LogP contribution < -0.4 is 14.5 Å². The van der Waals surface area contributed by atoms with E-state index in [0.29, 0.717) is 35.0 Å². The first-order valence-electron chi connectivity index (χ1n) is 15.7. The summed E-state index contributed by atoms with van der Waals surface area (Å²) in [5.41, 5.74) is 6.82. The van der Waals surface area contributed by atoms with Gasteiger partial charge in [0.15, 0.2) is 0 Å². The fraction of sp³-hybridized carbons (Fsp3) is 0.400. The fourth-order valence-electron chi connectivity index (χ4n) is 6.34. The minimum Gasteiger partial charge on any atom is -0.381 e. The first kappa shape index (κ1) is 31.3. The van der Waals surface area contributed by atoms with Gasteiger partial charge in [-0.1, -0.05) is 30.3 Å². The lowest BCUT2D eigenvalue weighted by atomic mass is 10.00. The van der Waals surface area contributed by atoms with Gasteiger partial charge in [-0.15, -0.1) is 0 Å². The molecule has 3 aromatic carbocycles. The van der Waals surface area contributed by atoms with Crippen LogP contribution in [0.2, 0.25) is 0 Å². The van der Waals surface area contributed by atoms with Crippen molar-refractivity contribution in [3.05, 3.63) is 83.4 Å². The number of fused-ring (bicyclic) bond motifs is 1. The Morgan fingerprint density at radius 2 is 1.56 bits per heavy atom. The van der Waals surface area contributed by atoms with Crippen LogP contribution in [0.15, 0.2) is 72.3 Å². The van der Waals surface area contributed by atoms with Crippen LogP contribution in [-0.4, -0.2) is 84.6 Å². The molecule has 3 heterocycles. The zero-order valence-electron chi connectivity index (χ0n) is 26.1. The standard InChI is InChI=1S/C35H42N4O5S/c1-37(32-14-19-43-20-15-32)25-26-3-8-31(9-4-26)36-35(40)29-13-16-39(45(2,41)42)34-12-7-28(23-30(34)24-29)27-5-10-33(11-6-27)38-17-21-44-22-18-38/h3-12,23-24,32H,13-22,25H2,1-2H3,(H,36,40). The van der Waals surface area contributed by atoms with E-state index in [0.717, 1.165) is 75.7 Å². The molecule has 238 valence electrons. The number of carbonyl (C=O) groups excluding carboxylic acids is 1. The fourth-order valence-corrected chi connectivity index (χ4v) is 7.28. The van der Waals surface area contributed by atoms with E-state index in [1.54, 1.807) is 0 Å². The van der Waals surface area contributed by atoms with Crippen LogP contribution >= 0.6 is 0 Å². The monoisotopic (exact) mass is 630 g/mol. The maximum Gasteiger partial charge on any atom is 0.251 e. The summed E-state index contributed by atoms with van der Waals surface area (Å²) >= 11 is 0. The van der Waals surface area contributed by atoms with Gasteiger partial charge < -0.3 is 19.7 Å². The Bertz CT molecular complexity index is 1630. The van der Waals surface area contributed by atoms with Gasteiger partial charge in [-0.05, 0) is 91.0 Å². The van der Waals surface area contributed by atoms with Crippen LogP contribution in [0.3, 0.4) is 0 Å². The van der Waals surface area contributed by atoms with Gasteiger partial charge in [0, 0.05) is 62.4 Å². The number of hydrogen-bond donors (Lipinski definition) is 1. The van der Waals surface area contributed by atoms with Crippen LogP contribution in [0, 0.1) is 0 Å².